The number of alkyl halides is 3. The van der Waals surface area contributed by atoms with E-state index in [1.165, 1.54) is 30.5 Å². The minimum absolute atomic E-state index is 0.197. The summed E-state index contributed by atoms with van der Waals surface area (Å²) < 4.78 is 68.3. The number of benzene rings is 3. The molecule has 6 nitrogen and oxygen atoms in total. The highest BCUT2D eigenvalue weighted by Crippen LogP contribution is 2.38. The number of aryl methyl sites for hydroxylation is 1. The summed E-state index contributed by atoms with van der Waals surface area (Å²) in [5.41, 5.74) is 2.02. The molecule has 0 heterocycles. The standard InChI is InChI=1S/C23H18BrClF3N3O3S/c1-15-5-8-19(9-6-15)35(33,34)31(18-7-10-21(25)20(12-18)23(26,27)28)14-22(32)30-29-13-16-3-2-4-17(24)11-16/h2-13H,14H2,1H3,(H,30,32)/b29-13-. The molecule has 12 heteroatoms. The molecule has 3 aromatic rings. The Morgan fingerprint density at radius 2 is 1.80 bits per heavy atom. The quantitative estimate of drug-likeness (QED) is 0.281. The Morgan fingerprint density at radius 3 is 2.43 bits per heavy atom. The van der Waals surface area contributed by atoms with Gasteiger partial charge in [-0.15, -0.1) is 0 Å². The molecule has 3 aromatic carbocycles. The zero-order valence-electron chi connectivity index (χ0n) is 18.1. The molecule has 0 aliphatic carbocycles. The molecule has 0 aliphatic heterocycles. The first kappa shape index (κ1) is 26.7. The lowest BCUT2D eigenvalue weighted by Crippen LogP contribution is -2.39. The number of nitrogens with one attached hydrogen (secondary N) is 1. The maximum Gasteiger partial charge on any atom is 0.417 e. The molecule has 0 aliphatic rings. The fourth-order valence-electron chi connectivity index (χ4n) is 2.97. The van der Waals surface area contributed by atoms with Crippen LogP contribution in [-0.2, 0) is 21.0 Å². The van der Waals surface area contributed by atoms with Crippen molar-refractivity contribution < 1.29 is 26.4 Å². The van der Waals surface area contributed by atoms with E-state index in [9.17, 15) is 26.4 Å². The van der Waals surface area contributed by atoms with E-state index in [4.69, 9.17) is 11.6 Å². The number of sulfonamides is 1. The molecule has 0 bridgehead atoms. The van der Waals surface area contributed by atoms with Crippen molar-refractivity contribution in [2.45, 2.75) is 18.0 Å². The number of hydrogen-bond donors (Lipinski definition) is 1. The van der Waals surface area contributed by atoms with Gasteiger partial charge in [-0.3, -0.25) is 9.10 Å². The van der Waals surface area contributed by atoms with Gasteiger partial charge in [0, 0.05) is 4.47 Å². The second-order valence-electron chi connectivity index (χ2n) is 7.33. The highest BCUT2D eigenvalue weighted by atomic mass is 79.9. The number of rotatable bonds is 7. The molecule has 0 saturated carbocycles. The van der Waals surface area contributed by atoms with Gasteiger partial charge in [0.05, 0.1) is 27.4 Å². The van der Waals surface area contributed by atoms with Crippen LogP contribution in [0.3, 0.4) is 0 Å². The Kier molecular flexibility index (Phi) is 8.24. The first-order valence-electron chi connectivity index (χ1n) is 9.91. The van der Waals surface area contributed by atoms with Gasteiger partial charge in [0.15, 0.2) is 0 Å². The average Bonchev–Trinajstić information content (AvgIpc) is 2.77. The van der Waals surface area contributed by atoms with Crippen molar-refractivity contribution in [3.8, 4) is 0 Å². The molecule has 35 heavy (non-hydrogen) atoms. The summed E-state index contributed by atoms with van der Waals surface area (Å²) in [6.07, 6.45) is -3.49. The minimum Gasteiger partial charge on any atom is -0.271 e. The van der Waals surface area contributed by atoms with Crippen molar-refractivity contribution >= 4 is 55.4 Å². The number of hydrazone groups is 1. The third-order valence-corrected chi connectivity index (χ3v) is 7.30. The van der Waals surface area contributed by atoms with E-state index in [0.717, 1.165) is 22.2 Å². The highest BCUT2D eigenvalue weighted by Gasteiger charge is 2.35. The van der Waals surface area contributed by atoms with Gasteiger partial charge in [0.1, 0.15) is 6.54 Å². The second-order valence-corrected chi connectivity index (χ2v) is 10.5. The van der Waals surface area contributed by atoms with Crippen molar-refractivity contribution in [1.29, 1.82) is 0 Å². The third kappa shape index (κ3) is 6.83. The number of halogens is 5. The van der Waals surface area contributed by atoms with Crippen LogP contribution >= 0.6 is 27.5 Å². The van der Waals surface area contributed by atoms with Crippen molar-refractivity contribution in [1.82, 2.24) is 5.43 Å². The number of nitrogens with zero attached hydrogens (tertiary/aromatic N) is 2. The fraction of sp³-hybridized carbons (Fsp3) is 0.130. The fourth-order valence-corrected chi connectivity index (χ4v) is 5.02. The van der Waals surface area contributed by atoms with Crippen molar-refractivity contribution in [2.24, 2.45) is 5.10 Å². The molecule has 0 unspecified atom stereocenters. The maximum atomic E-state index is 13.4. The van der Waals surface area contributed by atoms with Gasteiger partial charge in [0.2, 0.25) is 0 Å². The van der Waals surface area contributed by atoms with Gasteiger partial charge in [-0.05, 0) is 55.0 Å². The summed E-state index contributed by atoms with van der Waals surface area (Å²) in [7, 11) is -4.42. The highest BCUT2D eigenvalue weighted by molar-refractivity contribution is 9.10. The summed E-state index contributed by atoms with van der Waals surface area (Å²) in [5.74, 6) is -0.865. The van der Waals surface area contributed by atoms with E-state index < -0.39 is 39.2 Å². The lowest BCUT2D eigenvalue weighted by Gasteiger charge is -2.25. The van der Waals surface area contributed by atoms with Crippen LogP contribution in [0.5, 0.6) is 0 Å². The topological polar surface area (TPSA) is 78.8 Å². The first-order valence-corrected chi connectivity index (χ1v) is 12.5. The van der Waals surface area contributed by atoms with Gasteiger partial charge in [0.25, 0.3) is 15.9 Å². The summed E-state index contributed by atoms with van der Waals surface area (Å²) in [6, 6.07) is 15.3. The van der Waals surface area contributed by atoms with E-state index in [2.05, 4.69) is 26.5 Å². The predicted octanol–water partition coefficient (Wildman–Crippen LogP) is 5.78. The molecule has 3 rings (SSSR count). The Morgan fingerprint density at radius 1 is 1.11 bits per heavy atom. The van der Waals surface area contributed by atoms with Crippen molar-refractivity contribution in [3.63, 3.8) is 0 Å². The normalized spacial score (nSPS) is 12.1. The molecule has 0 aromatic heterocycles. The van der Waals surface area contributed by atoms with Crippen molar-refractivity contribution in [2.75, 3.05) is 10.8 Å². The first-order chi connectivity index (χ1) is 16.4. The molecular weight excluding hydrogens is 571 g/mol. The largest absolute Gasteiger partial charge is 0.417 e. The van der Waals surface area contributed by atoms with Crippen LogP contribution in [0.4, 0.5) is 18.9 Å². The van der Waals surface area contributed by atoms with E-state index >= 15 is 0 Å². The number of anilines is 1. The van der Waals surface area contributed by atoms with Crippen LogP contribution in [0.2, 0.25) is 5.02 Å². The van der Waals surface area contributed by atoms with Gasteiger partial charge in [-0.2, -0.15) is 18.3 Å². The Balaban J connectivity index is 1.95. The smallest absolute Gasteiger partial charge is 0.271 e. The third-order valence-electron chi connectivity index (χ3n) is 4.69. The van der Waals surface area contributed by atoms with E-state index in [1.54, 1.807) is 31.2 Å². The zero-order chi connectivity index (χ0) is 25.8. The predicted molar refractivity (Wildman–Crippen MR) is 132 cm³/mol. The SMILES string of the molecule is Cc1ccc(S(=O)(=O)N(CC(=O)N/N=C\c2cccc(Br)c2)c2ccc(Cl)c(C(F)(F)F)c2)cc1. The van der Waals surface area contributed by atoms with Crippen molar-refractivity contribution in [3.05, 3.63) is 92.9 Å². The molecule has 0 spiro atoms. The number of hydrogen-bond acceptors (Lipinski definition) is 4. The molecule has 0 fully saturated rings. The van der Waals surface area contributed by atoms with E-state index in [-0.39, 0.29) is 10.6 Å². The molecule has 0 saturated heterocycles. The molecule has 1 N–H and O–H groups in total. The van der Waals surface area contributed by atoms with Crippen LogP contribution in [0.25, 0.3) is 0 Å². The van der Waals surface area contributed by atoms with Gasteiger partial charge in [-0.1, -0.05) is 57.4 Å². The summed E-state index contributed by atoms with van der Waals surface area (Å²) >= 11 is 8.99. The minimum atomic E-state index is -4.83. The Hall–Kier alpha value is -2.89. The maximum absolute atomic E-state index is 13.4. The molecule has 0 atom stereocenters. The van der Waals surface area contributed by atoms with Crippen LogP contribution < -0.4 is 9.73 Å². The summed E-state index contributed by atoms with van der Waals surface area (Å²) in [4.78, 5) is 12.4. The van der Waals surface area contributed by atoms with Crippen LogP contribution in [0.15, 0.2) is 81.2 Å². The van der Waals surface area contributed by atoms with Crippen LogP contribution in [0.1, 0.15) is 16.7 Å². The molecule has 184 valence electrons. The molecule has 0 radical (unpaired) electrons. The average molecular weight is 589 g/mol. The summed E-state index contributed by atoms with van der Waals surface area (Å²) in [5, 5.41) is 3.20. The van der Waals surface area contributed by atoms with Crippen LogP contribution in [0, 0.1) is 6.92 Å². The molecule has 1 amide bonds. The number of carbonyl (C=O) groups excluding carboxylic acids is 1. The summed E-state index contributed by atoms with van der Waals surface area (Å²) in [6.45, 7) is 0.921. The lowest BCUT2D eigenvalue weighted by atomic mass is 10.2. The Labute approximate surface area is 213 Å². The number of amides is 1. The van der Waals surface area contributed by atoms with Gasteiger partial charge >= 0.3 is 6.18 Å². The lowest BCUT2D eigenvalue weighted by molar-refractivity contribution is -0.137. The monoisotopic (exact) mass is 587 g/mol. The molecular formula is C23H18BrClF3N3O3S. The second kappa shape index (κ2) is 10.8. The Bertz CT molecular complexity index is 1360. The van der Waals surface area contributed by atoms with Crippen LogP contribution in [-0.4, -0.2) is 27.1 Å². The van der Waals surface area contributed by atoms with E-state index in [0.29, 0.717) is 15.9 Å². The van der Waals surface area contributed by atoms with Gasteiger partial charge in [-0.25, -0.2) is 13.8 Å². The zero-order valence-corrected chi connectivity index (χ0v) is 21.2. The van der Waals surface area contributed by atoms with E-state index in [1.807, 2.05) is 0 Å². The number of carbonyl (C=O) groups is 1. The van der Waals surface area contributed by atoms with Gasteiger partial charge < -0.3 is 0 Å².